The van der Waals surface area contributed by atoms with Gasteiger partial charge >= 0.3 is 0 Å². The highest BCUT2D eigenvalue weighted by Crippen LogP contribution is 2.39. The number of hydrogen-bond donors (Lipinski definition) is 0. The molecule has 1 aliphatic carbocycles. The van der Waals surface area contributed by atoms with Crippen LogP contribution in [0, 0.1) is 11.8 Å². The molecule has 1 nitrogen and oxygen atoms in total. The largest absolute Gasteiger partial charge is 0.293 e. The lowest BCUT2D eigenvalue weighted by atomic mass is 9.77. The Morgan fingerprint density at radius 1 is 0.714 bits per heavy atom. The molecule has 0 spiro atoms. The minimum absolute atomic E-state index is 0.311. The minimum atomic E-state index is 0.311. The van der Waals surface area contributed by atoms with Crippen molar-refractivity contribution in [3.05, 3.63) is 0 Å². The number of hydrogen-bond acceptors (Lipinski definition) is 1. The maximum atomic E-state index is 2.94. The lowest BCUT2D eigenvalue weighted by molar-refractivity contribution is -0.0110. The molecule has 1 heteroatoms. The molecule has 2 fully saturated rings. The van der Waals surface area contributed by atoms with Crippen LogP contribution in [0.15, 0.2) is 0 Å². The maximum Gasteiger partial charge on any atom is 0.0134 e. The van der Waals surface area contributed by atoms with Gasteiger partial charge in [-0.05, 0) is 58.8 Å². The molecule has 0 bridgehead atoms. The quantitative estimate of drug-likeness (QED) is 0.527. The second-order valence-electron chi connectivity index (χ2n) is 8.91. The van der Waals surface area contributed by atoms with Gasteiger partial charge in [-0.1, -0.05) is 51.9 Å². The molecule has 4 unspecified atom stereocenters. The second-order valence-corrected chi connectivity index (χ2v) is 8.91. The Labute approximate surface area is 133 Å². The first-order valence-electron chi connectivity index (χ1n) is 9.69. The van der Waals surface area contributed by atoms with Crippen LogP contribution in [-0.2, 0) is 0 Å². The van der Waals surface area contributed by atoms with Crippen molar-refractivity contribution in [1.82, 2.24) is 4.90 Å². The lowest BCUT2D eigenvalue weighted by Crippen LogP contribution is -2.56. The SMILES string of the molecule is CC1CCCCCC(C)N(C(C)(C)C)C2CCCCCC12. The van der Waals surface area contributed by atoms with E-state index in [4.69, 9.17) is 0 Å². The highest BCUT2D eigenvalue weighted by Gasteiger charge is 2.39. The van der Waals surface area contributed by atoms with E-state index in [0.29, 0.717) is 5.54 Å². The van der Waals surface area contributed by atoms with Crippen LogP contribution in [0.25, 0.3) is 0 Å². The molecule has 0 aromatic heterocycles. The van der Waals surface area contributed by atoms with E-state index >= 15 is 0 Å². The minimum Gasteiger partial charge on any atom is -0.293 e. The van der Waals surface area contributed by atoms with Crippen molar-refractivity contribution in [2.24, 2.45) is 11.8 Å². The fraction of sp³-hybridized carbons (Fsp3) is 1.00. The van der Waals surface area contributed by atoms with E-state index in [1.807, 2.05) is 0 Å². The van der Waals surface area contributed by atoms with Gasteiger partial charge in [0, 0.05) is 17.6 Å². The highest BCUT2D eigenvalue weighted by atomic mass is 15.2. The summed E-state index contributed by atoms with van der Waals surface area (Å²) in [4.78, 5) is 2.94. The Kier molecular flexibility index (Phi) is 6.17. The van der Waals surface area contributed by atoms with Gasteiger partial charge in [0.1, 0.15) is 0 Å². The summed E-state index contributed by atoms with van der Waals surface area (Å²) in [6.07, 6.45) is 14.5. The molecule has 2 aliphatic rings. The van der Waals surface area contributed by atoms with Gasteiger partial charge in [-0.3, -0.25) is 4.90 Å². The summed E-state index contributed by atoms with van der Waals surface area (Å²) in [6, 6.07) is 1.58. The van der Waals surface area contributed by atoms with Gasteiger partial charge in [0.2, 0.25) is 0 Å². The number of nitrogens with zero attached hydrogens (tertiary/aromatic N) is 1. The molecule has 0 aromatic carbocycles. The summed E-state index contributed by atoms with van der Waals surface area (Å²) >= 11 is 0. The van der Waals surface area contributed by atoms with Crippen LogP contribution in [0.2, 0.25) is 0 Å². The molecule has 4 atom stereocenters. The smallest absolute Gasteiger partial charge is 0.0134 e. The van der Waals surface area contributed by atoms with E-state index in [0.717, 1.165) is 23.9 Å². The zero-order valence-corrected chi connectivity index (χ0v) is 15.3. The summed E-state index contributed by atoms with van der Waals surface area (Å²) in [6.45, 7) is 12.4. The Hall–Kier alpha value is -0.0400. The number of rotatable bonds is 0. The standard InChI is InChI=1S/C20H39N/c1-16-12-8-6-9-13-17(2)21(20(3,4)5)19-15-11-7-10-14-18(16)19/h16-19H,6-15H2,1-5H3. The molecular formula is C20H39N. The molecule has 124 valence electrons. The van der Waals surface area contributed by atoms with Crippen LogP contribution in [0.5, 0.6) is 0 Å². The Balaban J connectivity index is 2.29. The van der Waals surface area contributed by atoms with Gasteiger partial charge in [0.15, 0.2) is 0 Å². The van der Waals surface area contributed by atoms with Crippen LogP contribution in [0.3, 0.4) is 0 Å². The van der Waals surface area contributed by atoms with Gasteiger partial charge < -0.3 is 0 Å². The van der Waals surface area contributed by atoms with Crippen LogP contribution >= 0.6 is 0 Å². The van der Waals surface area contributed by atoms with E-state index in [1.165, 1.54) is 64.2 Å². The van der Waals surface area contributed by atoms with Gasteiger partial charge in [0.25, 0.3) is 0 Å². The molecule has 1 heterocycles. The van der Waals surface area contributed by atoms with E-state index in [2.05, 4.69) is 39.5 Å². The molecule has 0 aromatic rings. The predicted molar refractivity (Wildman–Crippen MR) is 93.7 cm³/mol. The lowest BCUT2D eigenvalue weighted by Gasteiger charge is -2.50. The molecule has 0 N–H and O–H groups in total. The fourth-order valence-corrected chi connectivity index (χ4v) is 5.25. The average molecular weight is 294 g/mol. The first-order valence-corrected chi connectivity index (χ1v) is 9.69. The topological polar surface area (TPSA) is 3.24 Å². The first kappa shape index (κ1) is 17.3. The van der Waals surface area contributed by atoms with E-state index in [9.17, 15) is 0 Å². The normalized spacial score (nSPS) is 37.6. The van der Waals surface area contributed by atoms with Crippen molar-refractivity contribution in [1.29, 1.82) is 0 Å². The van der Waals surface area contributed by atoms with Crippen molar-refractivity contribution in [3.63, 3.8) is 0 Å². The molecule has 0 amide bonds. The summed E-state index contributed by atoms with van der Waals surface area (Å²) < 4.78 is 0. The predicted octanol–water partition coefficient (Wildman–Crippen LogP) is 6.02. The van der Waals surface area contributed by atoms with E-state index in [-0.39, 0.29) is 0 Å². The Morgan fingerprint density at radius 3 is 1.95 bits per heavy atom. The van der Waals surface area contributed by atoms with E-state index in [1.54, 1.807) is 0 Å². The summed E-state index contributed by atoms with van der Waals surface area (Å²) in [5.41, 5.74) is 0.311. The van der Waals surface area contributed by atoms with Crippen molar-refractivity contribution in [2.75, 3.05) is 0 Å². The third-order valence-electron chi connectivity index (χ3n) is 6.15. The van der Waals surface area contributed by atoms with Crippen molar-refractivity contribution in [2.45, 2.75) is 116 Å². The third kappa shape index (κ3) is 4.47. The van der Waals surface area contributed by atoms with Crippen molar-refractivity contribution < 1.29 is 0 Å². The second kappa shape index (κ2) is 7.49. The van der Waals surface area contributed by atoms with Crippen molar-refractivity contribution in [3.8, 4) is 0 Å². The average Bonchev–Trinajstić information content (AvgIpc) is 2.62. The van der Waals surface area contributed by atoms with Gasteiger partial charge in [0.05, 0.1) is 0 Å². The third-order valence-corrected chi connectivity index (χ3v) is 6.15. The van der Waals surface area contributed by atoms with Crippen LogP contribution in [0.1, 0.15) is 98.8 Å². The van der Waals surface area contributed by atoms with Crippen LogP contribution < -0.4 is 0 Å². The number of fused-ring (bicyclic) bond motifs is 1. The molecule has 1 aliphatic heterocycles. The Morgan fingerprint density at radius 2 is 1.29 bits per heavy atom. The first-order chi connectivity index (χ1) is 9.91. The molecule has 2 rings (SSSR count). The monoisotopic (exact) mass is 293 g/mol. The highest BCUT2D eigenvalue weighted by molar-refractivity contribution is 4.93. The Bertz CT molecular complexity index is 303. The van der Waals surface area contributed by atoms with Gasteiger partial charge in [-0.25, -0.2) is 0 Å². The van der Waals surface area contributed by atoms with Gasteiger partial charge in [-0.15, -0.1) is 0 Å². The van der Waals surface area contributed by atoms with E-state index < -0.39 is 0 Å². The van der Waals surface area contributed by atoms with Crippen molar-refractivity contribution >= 4 is 0 Å². The fourth-order valence-electron chi connectivity index (χ4n) is 5.25. The zero-order valence-electron chi connectivity index (χ0n) is 15.3. The molecular weight excluding hydrogens is 254 g/mol. The molecule has 1 saturated heterocycles. The summed E-state index contributed by atoms with van der Waals surface area (Å²) in [7, 11) is 0. The molecule has 1 saturated carbocycles. The molecule has 21 heavy (non-hydrogen) atoms. The summed E-state index contributed by atoms with van der Waals surface area (Å²) in [5.74, 6) is 1.86. The van der Waals surface area contributed by atoms with Gasteiger partial charge in [-0.2, -0.15) is 0 Å². The van der Waals surface area contributed by atoms with Crippen LogP contribution in [-0.4, -0.2) is 22.5 Å². The van der Waals surface area contributed by atoms with Crippen LogP contribution in [0.4, 0.5) is 0 Å². The molecule has 0 radical (unpaired) electrons. The summed E-state index contributed by atoms with van der Waals surface area (Å²) in [5, 5.41) is 0. The maximum absolute atomic E-state index is 2.94. The zero-order chi connectivity index (χ0) is 15.5.